The second-order valence-electron chi connectivity index (χ2n) is 24.1. The number of tetrazole rings is 3. The van der Waals surface area contributed by atoms with Crippen LogP contribution < -0.4 is 28.7 Å². The van der Waals surface area contributed by atoms with Gasteiger partial charge in [-0.3, -0.25) is 19.2 Å². The van der Waals surface area contributed by atoms with E-state index in [9.17, 15) is 39.0 Å². The molecule has 0 bridgehead atoms. The number of rotatable bonds is 15. The number of carbonyl (C=O) groups is 6. The molecule has 1 atom stereocenters. The van der Waals surface area contributed by atoms with E-state index in [1.165, 1.54) is 0 Å². The molecule has 90 heavy (non-hydrogen) atoms. The van der Waals surface area contributed by atoms with Crippen molar-refractivity contribution in [3.05, 3.63) is 227 Å². The third-order valence-electron chi connectivity index (χ3n) is 17.3. The normalized spacial score (nSPS) is 14.9. The fourth-order valence-electron chi connectivity index (χ4n) is 13.8. The highest BCUT2D eigenvalue weighted by Crippen LogP contribution is 2.51. The Labute approximate surface area is 516 Å². The summed E-state index contributed by atoms with van der Waals surface area (Å²) < 4.78 is 0. The van der Waals surface area contributed by atoms with Gasteiger partial charge < -0.3 is 38.9 Å². The molecule has 3 aromatic heterocycles. The van der Waals surface area contributed by atoms with Crippen LogP contribution in [0, 0.1) is 11.8 Å². The van der Waals surface area contributed by atoms with E-state index >= 15 is 0 Å². The van der Waals surface area contributed by atoms with Crippen molar-refractivity contribution in [1.82, 2.24) is 61.9 Å². The summed E-state index contributed by atoms with van der Waals surface area (Å²) in [7, 11) is 0. The molecule has 462 valence electrons. The van der Waals surface area contributed by atoms with Crippen LogP contribution in [0.1, 0.15) is 200 Å². The first-order valence-electron chi connectivity index (χ1n) is 29.4. The van der Waals surface area contributed by atoms with Crippen LogP contribution in [0.15, 0.2) is 109 Å². The number of carboxylic acids is 2. The number of primary amides is 4. The van der Waals surface area contributed by atoms with Crippen molar-refractivity contribution >= 4 is 35.6 Å². The molecule has 3 aliphatic rings. The van der Waals surface area contributed by atoms with E-state index in [1.54, 1.807) is 48.5 Å². The summed E-state index contributed by atoms with van der Waals surface area (Å²) in [5, 5.41) is 64.2. The highest BCUT2D eigenvalue weighted by molar-refractivity contribution is 5.95. The van der Waals surface area contributed by atoms with Crippen molar-refractivity contribution in [3.63, 3.8) is 0 Å². The lowest BCUT2D eigenvalue weighted by molar-refractivity contribution is 0.0686. The lowest BCUT2D eigenvalue weighted by Gasteiger charge is -2.35. The molecular formula is C65H69N17O8. The summed E-state index contributed by atoms with van der Waals surface area (Å²) in [4.78, 5) is 70.3. The van der Waals surface area contributed by atoms with Crippen LogP contribution in [0.3, 0.4) is 0 Å². The van der Waals surface area contributed by atoms with Gasteiger partial charge in [0.05, 0.1) is 27.4 Å². The second kappa shape index (κ2) is 25.2. The van der Waals surface area contributed by atoms with Gasteiger partial charge in [0.15, 0.2) is 17.5 Å². The molecule has 0 spiro atoms. The predicted octanol–water partition coefficient (Wildman–Crippen LogP) is 5.52. The monoisotopic (exact) mass is 1220 g/mol. The third-order valence-corrected chi connectivity index (χ3v) is 17.3. The lowest BCUT2D eigenvalue weighted by Crippen LogP contribution is -2.38. The van der Waals surface area contributed by atoms with Gasteiger partial charge in [0.1, 0.15) is 0 Å². The summed E-state index contributed by atoms with van der Waals surface area (Å²) in [6.45, 7) is 10.4. The van der Waals surface area contributed by atoms with Gasteiger partial charge in [0.2, 0.25) is 23.6 Å². The molecule has 25 nitrogen and oxygen atoms in total. The number of carboxylic acid groups (broad SMARTS) is 2. The number of carbonyl (C=O) groups excluding carboxylic acids is 4. The number of nitrogens with two attached hydrogens (primary N) is 5. The largest absolute Gasteiger partial charge is 0.478 e. The maximum Gasteiger partial charge on any atom is 0.335 e. The topological polar surface area (TPSA) is 436 Å². The number of benzene rings is 6. The molecule has 0 saturated carbocycles. The average molecular weight is 1220 g/mol. The number of H-pyrrole nitrogens is 3. The minimum atomic E-state index is -0.984. The van der Waals surface area contributed by atoms with Crippen LogP contribution in [0.4, 0.5) is 0 Å². The van der Waals surface area contributed by atoms with E-state index in [1.807, 2.05) is 67.6 Å². The fraction of sp³-hybridized carbons (Fsp3) is 0.308. The fourth-order valence-corrected chi connectivity index (χ4v) is 13.8. The van der Waals surface area contributed by atoms with Crippen molar-refractivity contribution in [1.29, 1.82) is 0 Å². The number of fused-ring (bicyclic) bond motifs is 6. The van der Waals surface area contributed by atoms with Gasteiger partial charge in [-0.2, -0.15) is 15.6 Å². The standard InChI is InChI=1S/C22H24N6O2.C22H22N4O4.C21H23N7O2/c1-12(2)11-22(21-25-27-28-26-21)17-7-5-15(19(23)29)9-13(17)3-4-14-10-16(20(24)30)6-8-18(14)22;1-12(2)11-22(21-23-25-26-24-21)17-7-5-15(19(27)28)9-13(17)3-4-14-10-16(20(29)30)6-8-18(14)22;1-11(22)10-21(20-25-27-28-26-20)16-6-4-14(18(23)29)8-12(16)2-3-13-9-15(19(24)30)5-7-17(13)21/h5-10,12H,3-4,11H2,1-2H3,(H2,23,29)(H2,24,30)(H,25,26,27,28);5-10,12H,3-4,11H2,1-2H3,(H,27,28)(H,29,30)(H,23,24,25,26);4-9,11H,2-3,10,22H2,1H3,(H2,23,29)(H2,24,30)(H,25,26,27,28)/t;;11-/m..0/s1. The molecule has 0 fully saturated rings. The zero-order valence-electron chi connectivity index (χ0n) is 50.2. The minimum absolute atomic E-state index is 0.200. The molecule has 15 N–H and O–H groups in total. The van der Waals surface area contributed by atoms with E-state index in [0.717, 1.165) is 73.2 Å². The molecule has 9 aromatic rings. The van der Waals surface area contributed by atoms with Crippen molar-refractivity contribution in [2.45, 2.75) is 115 Å². The van der Waals surface area contributed by atoms with Gasteiger partial charge in [-0.25, -0.2) is 9.59 Å². The number of aromatic amines is 3. The number of amides is 4. The Morgan fingerprint density at radius 1 is 0.389 bits per heavy atom. The first-order valence-corrected chi connectivity index (χ1v) is 29.4. The number of aromatic nitrogens is 12. The summed E-state index contributed by atoms with van der Waals surface area (Å²) in [5.41, 5.74) is 39.9. The van der Waals surface area contributed by atoms with E-state index in [4.69, 9.17) is 28.7 Å². The Hall–Kier alpha value is -10.7. The van der Waals surface area contributed by atoms with Crippen LogP contribution in [-0.4, -0.2) is 114 Å². The number of aryl methyl sites for hydroxylation is 6. The molecule has 0 aliphatic heterocycles. The maximum atomic E-state index is 11.8. The first-order chi connectivity index (χ1) is 43.0. The molecule has 6 aromatic carbocycles. The van der Waals surface area contributed by atoms with Crippen molar-refractivity contribution in [2.75, 3.05) is 0 Å². The number of nitrogens with zero attached hydrogens (tertiary/aromatic N) is 9. The van der Waals surface area contributed by atoms with Gasteiger partial charge in [0, 0.05) is 28.3 Å². The summed E-state index contributed by atoms with van der Waals surface area (Å²) in [6, 6.07) is 32.0. The van der Waals surface area contributed by atoms with Crippen molar-refractivity contribution < 1.29 is 39.0 Å². The van der Waals surface area contributed by atoms with Crippen LogP contribution in [-0.2, 0) is 54.8 Å². The van der Waals surface area contributed by atoms with Crippen LogP contribution >= 0.6 is 0 Å². The SMILES string of the molecule is CC(C)CC1(c2nn[nH]n2)c2ccc(C(=O)O)cc2CCc2cc(C(=O)O)ccc21.CC(C)CC1(c2nn[nH]n2)c2ccc(C(N)=O)cc2CCc2cc(C(N)=O)ccc21.C[C@H](N)CC1(c2nn[nH]n2)c2ccc(C(N)=O)cc2CCc2cc(C(N)=O)ccc21. The number of hydrogen-bond acceptors (Lipinski definition) is 16. The van der Waals surface area contributed by atoms with Gasteiger partial charge in [-0.05, 0) is 216 Å². The molecular weight excluding hydrogens is 1150 g/mol. The van der Waals surface area contributed by atoms with E-state index in [2.05, 4.69) is 89.6 Å². The highest BCUT2D eigenvalue weighted by Gasteiger charge is 2.48. The average Bonchev–Trinajstić information content (AvgIpc) is 1.51. The molecule has 0 unspecified atom stereocenters. The Morgan fingerprint density at radius 3 is 0.800 bits per heavy atom. The first kappa shape index (κ1) is 62.4. The van der Waals surface area contributed by atoms with E-state index in [0.29, 0.717) is 97.0 Å². The highest BCUT2D eigenvalue weighted by atomic mass is 16.4. The Bertz CT molecular complexity index is 3600. The Kier molecular flexibility index (Phi) is 17.5. The molecule has 0 radical (unpaired) electrons. The molecule has 3 heterocycles. The molecule has 25 heteroatoms. The van der Waals surface area contributed by atoms with Gasteiger partial charge in [-0.1, -0.05) is 79.7 Å². The smallest absolute Gasteiger partial charge is 0.335 e. The predicted molar refractivity (Wildman–Crippen MR) is 328 cm³/mol. The summed E-state index contributed by atoms with van der Waals surface area (Å²) in [6.07, 6.45) is 5.71. The third kappa shape index (κ3) is 11.7. The van der Waals surface area contributed by atoms with Gasteiger partial charge in [-0.15, -0.1) is 30.6 Å². The summed E-state index contributed by atoms with van der Waals surface area (Å²) in [5.74, 6) is -1.82. The second-order valence-corrected chi connectivity index (χ2v) is 24.1. The van der Waals surface area contributed by atoms with Crippen LogP contribution in [0.5, 0.6) is 0 Å². The van der Waals surface area contributed by atoms with Gasteiger partial charge >= 0.3 is 11.9 Å². The minimum Gasteiger partial charge on any atom is -0.478 e. The molecule has 3 aliphatic carbocycles. The molecule has 4 amide bonds. The van der Waals surface area contributed by atoms with Crippen molar-refractivity contribution in [3.8, 4) is 0 Å². The zero-order chi connectivity index (χ0) is 64.4. The lowest BCUT2D eigenvalue weighted by atomic mass is 9.67. The molecule has 12 rings (SSSR count). The van der Waals surface area contributed by atoms with Crippen molar-refractivity contribution in [2.24, 2.45) is 40.5 Å². The summed E-state index contributed by atoms with van der Waals surface area (Å²) >= 11 is 0. The number of nitrogens with one attached hydrogen (secondary N) is 3. The van der Waals surface area contributed by atoms with E-state index in [-0.39, 0.29) is 23.1 Å². The van der Waals surface area contributed by atoms with Crippen LogP contribution in [0.25, 0.3) is 0 Å². The molecule has 0 saturated heterocycles. The van der Waals surface area contributed by atoms with E-state index < -0.39 is 51.8 Å². The maximum absolute atomic E-state index is 11.8. The zero-order valence-corrected chi connectivity index (χ0v) is 50.2. The van der Waals surface area contributed by atoms with Crippen LogP contribution in [0.2, 0.25) is 0 Å². The Morgan fingerprint density at radius 2 is 0.611 bits per heavy atom. The number of hydrogen-bond donors (Lipinski definition) is 10. The Balaban J connectivity index is 0.000000148. The van der Waals surface area contributed by atoms with Gasteiger partial charge in [0.25, 0.3) is 0 Å². The number of aromatic carboxylic acids is 2. The quantitative estimate of drug-likeness (QED) is 0.0604.